The molecule has 0 aromatic heterocycles. The summed E-state index contributed by atoms with van der Waals surface area (Å²) in [6.07, 6.45) is 3.96. The van der Waals surface area contributed by atoms with Crippen molar-refractivity contribution in [1.82, 2.24) is 0 Å². The maximum absolute atomic E-state index is 10.5. The first-order valence-electron chi connectivity index (χ1n) is 5.32. The molecular formula is C11H21BrO3Zn. The third-order valence-electron chi connectivity index (χ3n) is 1.47. The van der Waals surface area contributed by atoms with Crippen LogP contribution in [-0.2, 0) is 25.8 Å². The van der Waals surface area contributed by atoms with Crippen molar-refractivity contribution in [3.05, 3.63) is 12.0 Å². The molecule has 0 unspecified atom stereocenters. The van der Waals surface area contributed by atoms with Gasteiger partial charge in [0.15, 0.2) is 0 Å². The van der Waals surface area contributed by atoms with E-state index in [0.29, 0.717) is 0 Å². The Kier molecular flexibility index (Phi) is 13.9. The summed E-state index contributed by atoms with van der Waals surface area (Å²) in [6.45, 7) is 9.19. The number of allylic oxidation sites excluding steroid dienone is 1. The molecule has 1 aliphatic heterocycles. The van der Waals surface area contributed by atoms with E-state index >= 15 is 0 Å². The van der Waals surface area contributed by atoms with Crippen molar-refractivity contribution >= 4 is 13.6 Å². The standard InChI is InChI=1S/C7H14O2.C4H8O.BrH.Zn/c1-5-6(8)9-7(2,3)4;1-2-4-5-3-1;;/h5,8H,1-4H3;1-4H2;1H;/q;;;+2/p-2/b6-5+;;;. The normalized spacial score (nSPS) is 15.6. The number of ether oxygens (including phenoxy) is 2. The van der Waals surface area contributed by atoms with Crippen LogP contribution in [0.2, 0.25) is 0 Å². The first-order chi connectivity index (χ1) is 7.45. The van der Waals surface area contributed by atoms with Crippen molar-refractivity contribution in [2.24, 2.45) is 0 Å². The summed E-state index contributed by atoms with van der Waals surface area (Å²) >= 11 is 4.25. The summed E-state index contributed by atoms with van der Waals surface area (Å²) < 4.78 is 9.84. The van der Waals surface area contributed by atoms with Crippen LogP contribution < -0.4 is 5.11 Å². The molecule has 92 valence electrons. The summed E-state index contributed by atoms with van der Waals surface area (Å²) in [6, 6.07) is 0. The van der Waals surface area contributed by atoms with Gasteiger partial charge in [0, 0.05) is 24.8 Å². The molecule has 0 amide bonds. The molecule has 0 bridgehead atoms. The van der Waals surface area contributed by atoms with Gasteiger partial charge in [-0.15, -0.1) is 0 Å². The van der Waals surface area contributed by atoms with Crippen LogP contribution in [0.25, 0.3) is 0 Å². The van der Waals surface area contributed by atoms with Gasteiger partial charge >= 0.3 is 30.0 Å². The molecule has 5 heteroatoms. The van der Waals surface area contributed by atoms with Gasteiger partial charge in [-0.3, -0.25) is 0 Å². The van der Waals surface area contributed by atoms with Crippen LogP contribution in [0.3, 0.4) is 0 Å². The van der Waals surface area contributed by atoms with Gasteiger partial charge in [-0.1, -0.05) is 26.8 Å². The molecule has 16 heavy (non-hydrogen) atoms. The summed E-state index contributed by atoms with van der Waals surface area (Å²) in [5, 5.41) is 10.5. The zero-order valence-electron chi connectivity index (χ0n) is 10.7. The Hall–Kier alpha value is 0.403. The van der Waals surface area contributed by atoms with Crippen LogP contribution in [0.5, 0.6) is 0 Å². The van der Waals surface area contributed by atoms with Gasteiger partial charge in [0.1, 0.15) is 0 Å². The Balaban J connectivity index is 0. The fraction of sp³-hybridized carbons (Fsp3) is 0.818. The molecule has 1 saturated heterocycles. The summed E-state index contributed by atoms with van der Waals surface area (Å²) in [4.78, 5) is 0. The molecule has 0 aromatic rings. The second kappa shape index (κ2) is 11.9. The monoisotopic (exact) mass is 344 g/mol. The van der Waals surface area contributed by atoms with E-state index in [1.807, 2.05) is 20.8 Å². The second-order valence-corrected chi connectivity index (χ2v) is 4.14. The first-order valence-corrected chi connectivity index (χ1v) is 12.3. The van der Waals surface area contributed by atoms with Crippen LogP contribution in [0.15, 0.2) is 12.0 Å². The van der Waals surface area contributed by atoms with Gasteiger partial charge in [-0.25, -0.2) is 0 Å². The average molecular weight is 347 g/mol. The zero-order valence-corrected chi connectivity index (χ0v) is 15.3. The third-order valence-corrected chi connectivity index (χ3v) is 1.47. The van der Waals surface area contributed by atoms with Gasteiger partial charge in [0.25, 0.3) is 0 Å². The van der Waals surface area contributed by atoms with Crippen LogP contribution in [0, 0.1) is 0 Å². The van der Waals surface area contributed by atoms with E-state index in [9.17, 15) is 5.11 Å². The van der Waals surface area contributed by atoms with Crippen molar-refractivity contribution < 1.29 is 30.9 Å². The van der Waals surface area contributed by atoms with Gasteiger partial charge in [-0.2, -0.15) is 0 Å². The fourth-order valence-corrected chi connectivity index (χ4v) is 0.871. The Bertz CT molecular complexity index is 167. The molecule has 0 aromatic carbocycles. The first kappa shape index (κ1) is 18.8. The number of halogens is 1. The quantitative estimate of drug-likeness (QED) is 0.541. The van der Waals surface area contributed by atoms with Crippen LogP contribution in [0.4, 0.5) is 0 Å². The van der Waals surface area contributed by atoms with Crippen LogP contribution >= 0.6 is 13.6 Å². The van der Waals surface area contributed by atoms with E-state index in [4.69, 9.17) is 9.47 Å². The molecule has 3 nitrogen and oxygen atoms in total. The molecule has 1 aliphatic rings. The Morgan fingerprint density at radius 1 is 1.31 bits per heavy atom. The van der Waals surface area contributed by atoms with Crippen molar-refractivity contribution in [2.75, 3.05) is 13.2 Å². The third kappa shape index (κ3) is 16.8. The zero-order chi connectivity index (χ0) is 13.0. The van der Waals surface area contributed by atoms with Crippen molar-refractivity contribution in [3.63, 3.8) is 0 Å². The summed E-state index contributed by atoms with van der Waals surface area (Å²) in [7, 11) is 0. The topological polar surface area (TPSA) is 41.5 Å². The van der Waals surface area contributed by atoms with Crippen molar-refractivity contribution in [1.29, 1.82) is 0 Å². The Morgan fingerprint density at radius 3 is 1.88 bits per heavy atom. The van der Waals surface area contributed by atoms with E-state index in [1.54, 1.807) is 6.92 Å². The Morgan fingerprint density at radius 2 is 1.75 bits per heavy atom. The van der Waals surface area contributed by atoms with Gasteiger partial charge in [0.05, 0.1) is 0 Å². The number of hydrogen-bond donors (Lipinski definition) is 0. The minimum atomic E-state index is -0.358. The molecule has 1 rings (SSSR count). The van der Waals surface area contributed by atoms with E-state index in [0.717, 1.165) is 13.2 Å². The predicted octanol–water partition coefficient (Wildman–Crippen LogP) is 2.66. The molecule has 1 fully saturated rings. The Labute approximate surface area is 116 Å². The SMILES string of the molecule is C/C=C(\[O-])OC(C)(C)C.C1CCOC1.[Zn+][Br]. The van der Waals surface area contributed by atoms with E-state index in [1.165, 1.54) is 35.3 Å². The molecule has 0 atom stereocenters. The molecule has 1 heterocycles. The molecule has 0 radical (unpaired) electrons. The van der Waals surface area contributed by atoms with E-state index < -0.39 is 0 Å². The average Bonchev–Trinajstić information content (AvgIpc) is 2.76. The van der Waals surface area contributed by atoms with Crippen molar-refractivity contribution in [2.45, 2.75) is 46.1 Å². The summed E-state index contributed by atoms with van der Waals surface area (Å²) in [5.74, 6) is -0.262. The molecule has 0 spiro atoms. The predicted molar refractivity (Wildman–Crippen MR) is 63.6 cm³/mol. The second-order valence-electron chi connectivity index (χ2n) is 4.14. The summed E-state index contributed by atoms with van der Waals surface area (Å²) in [5.41, 5.74) is -0.358. The van der Waals surface area contributed by atoms with E-state index in [2.05, 4.69) is 13.6 Å². The number of hydrogen-bond acceptors (Lipinski definition) is 3. The number of rotatable bonds is 1. The molecule has 0 N–H and O–H groups in total. The van der Waals surface area contributed by atoms with E-state index in [-0.39, 0.29) is 11.5 Å². The van der Waals surface area contributed by atoms with Gasteiger partial charge < -0.3 is 14.6 Å². The molecule has 0 aliphatic carbocycles. The molecular weight excluding hydrogens is 325 g/mol. The van der Waals surface area contributed by atoms with Crippen LogP contribution in [-0.4, -0.2) is 18.8 Å². The molecule has 0 saturated carbocycles. The van der Waals surface area contributed by atoms with Gasteiger partial charge in [-0.05, 0) is 19.8 Å². The fourth-order valence-electron chi connectivity index (χ4n) is 0.871. The maximum atomic E-state index is 10.5. The minimum absolute atomic E-state index is 0.262. The van der Waals surface area contributed by atoms with Crippen molar-refractivity contribution in [3.8, 4) is 0 Å². The van der Waals surface area contributed by atoms with Crippen LogP contribution in [0.1, 0.15) is 40.5 Å². The van der Waals surface area contributed by atoms with Gasteiger partial charge in [0.2, 0.25) is 0 Å².